The van der Waals surface area contributed by atoms with Gasteiger partial charge in [-0.05, 0) is 30.6 Å². The van der Waals surface area contributed by atoms with E-state index in [4.69, 9.17) is 0 Å². The van der Waals surface area contributed by atoms with Crippen LogP contribution in [0.15, 0.2) is 0 Å². The summed E-state index contributed by atoms with van der Waals surface area (Å²) >= 11 is 0. The highest BCUT2D eigenvalue weighted by Gasteiger charge is 2.09. The van der Waals surface area contributed by atoms with Gasteiger partial charge < -0.3 is 0 Å². The molecule has 0 heterocycles. The molecule has 1 radical (unpaired) electrons. The molecule has 0 amide bonds. The lowest BCUT2D eigenvalue weighted by atomic mass is 9.89. The lowest BCUT2D eigenvalue weighted by molar-refractivity contribution is 0.421. The smallest absolute Gasteiger partial charge is 0.0352 e. The highest BCUT2D eigenvalue weighted by atomic mass is 14.1. The standard InChI is InChI=1S/C12H25/c1-6-7-11(4)8-9-12(5)10(2)3/h9-12H,6-8H2,1-5H3. The molecule has 0 nitrogen and oxygen atoms in total. The van der Waals surface area contributed by atoms with Gasteiger partial charge in [-0.1, -0.05) is 47.5 Å². The highest BCUT2D eigenvalue weighted by Crippen LogP contribution is 2.20. The third-order valence-electron chi connectivity index (χ3n) is 2.74. The SMILES string of the molecule is CCCC(C)C[CH]C(C)C(C)C. The first kappa shape index (κ1) is 12.0. The maximum atomic E-state index is 2.49. The van der Waals surface area contributed by atoms with Crippen molar-refractivity contribution in [1.82, 2.24) is 0 Å². The Morgan fingerprint density at radius 1 is 1.08 bits per heavy atom. The quantitative estimate of drug-likeness (QED) is 0.556. The van der Waals surface area contributed by atoms with Gasteiger partial charge in [0.2, 0.25) is 0 Å². The van der Waals surface area contributed by atoms with Crippen molar-refractivity contribution >= 4 is 0 Å². The summed E-state index contributed by atoms with van der Waals surface area (Å²) in [6.45, 7) is 11.5. The van der Waals surface area contributed by atoms with Crippen molar-refractivity contribution in [3.8, 4) is 0 Å². The van der Waals surface area contributed by atoms with E-state index in [0.717, 1.165) is 17.8 Å². The molecule has 0 heteroatoms. The number of hydrogen-bond donors (Lipinski definition) is 0. The molecule has 0 aromatic carbocycles. The first-order valence-corrected chi connectivity index (χ1v) is 5.41. The van der Waals surface area contributed by atoms with E-state index < -0.39 is 0 Å². The highest BCUT2D eigenvalue weighted by molar-refractivity contribution is 4.76. The van der Waals surface area contributed by atoms with Gasteiger partial charge in [0.25, 0.3) is 0 Å². The van der Waals surface area contributed by atoms with Gasteiger partial charge in [0.05, 0.1) is 0 Å². The predicted molar refractivity (Wildman–Crippen MR) is 57.0 cm³/mol. The first-order chi connectivity index (χ1) is 5.57. The van der Waals surface area contributed by atoms with E-state index in [0.29, 0.717) is 0 Å². The second kappa shape index (κ2) is 6.51. The monoisotopic (exact) mass is 169 g/mol. The zero-order valence-electron chi connectivity index (χ0n) is 9.43. The topological polar surface area (TPSA) is 0 Å². The number of rotatable bonds is 6. The maximum absolute atomic E-state index is 2.49. The molecule has 0 spiro atoms. The van der Waals surface area contributed by atoms with Crippen molar-refractivity contribution in [2.75, 3.05) is 0 Å². The van der Waals surface area contributed by atoms with Crippen LogP contribution in [0.25, 0.3) is 0 Å². The zero-order valence-corrected chi connectivity index (χ0v) is 9.43. The molecule has 12 heavy (non-hydrogen) atoms. The molecular weight excluding hydrogens is 144 g/mol. The lowest BCUT2D eigenvalue weighted by Crippen LogP contribution is -2.07. The Bertz CT molecular complexity index is 94.2. The van der Waals surface area contributed by atoms with Crippen molar-refractivity contribution in [3.63, 3.8) is 0 Å². The van der Waals surface area contributed by atoms with E-state index in [2.05, 4.69) is 41.0 Å². The predicted octanol–water partition coefficient (Wildman–Crippen LogP) is 4.31. The summed E-state index contributed by atoms with van der Waals surface area (Å²) < 4.78 is 0. The van der Waals surface area contributed by atoms with Crippen LogP contribution in [0.2, 0.25) is 0 Å². The average molecular weight is 169 g/mol. The minimum absolute atomic E-state index is 0.782. The van der Waals surface area contributed by atoms with Crippen molar-refractivity contribution in [2.24, 2.45) is 17.8 Å². The summed E-state index contributed by atoms with van der Waals surface area (Å²) in [5, 5.41) is 0. The van der Waals surface area contributed by atoms with Crippen LogP contribution in [0.3, 0.4) is 0 Å². The summed E-state index contributed by atoms with van der Waals surface area (Å²) in [7, 11) is 0. The summed E-state index contributed by atoms with van der Waals surface area (Å²) in [6.07, 6.45) is 6.49. The van der Waals surface area contributed by atoms with Gasteiger partial charge in [-0.25, -0.2) is 0 Å². The fourth-order valence-corrected chi connectivity index (χ4v) is 1.33. The van der Waals surface area contributed by atoms with Crippen LogP contribution >= 0.6 is 0 Å². The molecule has 0 aromatic heterocycles. The van der Waals surface area contributed by atoms with Gasteiger partial charge in [-0.2, -0.15) is 0 Å². The lowest BCUT2D eigenvalue weighted by Gasteiger charge is -2.17. The average Bonchev–Trinajstić information content (AvgIpc) is 2.00. The summed E-state index contributed by atoms with van der Waals surface area (Å²) in [5.74, 6) is 2.47. The van der Waals surface area contributed by atoms with Crippen LogP contribution in [-0.2, 0) is 0 Å². The van der Waals surface area contributed by atoms with Gasteiger partial charge in [0.15, 0.2) is 0 Å². The second-order valence-corrected chi connectivity index (χ2v) is 4.47. The molecule has 0 rings (SSSR count). The summed E-state index contributed by atoms with van der Waals surface area (Å²) in [6, 6.07) is 0. The fraction of sp³-hybridized carbons (Fsp3) is 0.917. The van der Waals surface area contributed by atoms with E-state index in [-0.39, 0.29) is 0 Å². The Labute approximate surface area is 78.8 Å². The third-order valence-corrected chi connectivity index (χ3v) is 2.74. The van der Waals surface area contributed by atoms with Gasteiger partial charge in [0.1, 0.15) is 0 Å². The van der Waals surface area contributed by atoms with Crippen LogP contribution in [0.1, 0.15) is 53.9 Å². The Hall–Kier alpha value is 0. The third kappa shape index (κ3) is 5.62. The molecule has 0 fully saturated rings. The molecule has 0 N–H and O–H groups in total. The molecule has 2 unspecified atom stereocenters. The molecule has 0 aliphatic carbocycles. The minimum atomic E-state index is 0.782. The van der Waals surface area contributed by atoms with Crippen molar-refractivity contribution in [3.05, 3.63) is 6.42 Å². The molecule has 0 aliphatic rings. The van der Waals surface area contributed by atoms with E-state index in [1.807, 2.05) is 0 Å². The van der Waals surface area contributed by atoms with Gasteiger partial charge in [0, 0.05) is 0 Å². The van der Waals surface area contributed by atoms with E-state index in [1.165, 1.54) is 19.3 Å². The molecule has 0 bridgehead atoms. The summed E-state index contributed by atoms with van der Waals surface area (Å²) in [4.78, 5) is 0. The Morgan fingerprint density at radius 3 is 2.08 bits per heavy atom. The van der Waals surface area contributed by atoms with Gasteiger partial charge in [-0.3, -0.25) is 0 Å². The molecule has 73 valence electrons. The van der Waals surface area contributed by atoms with Crippen molar-refractivity contribution in [1.29, 1.82) is 0 Å². The van der Waals surface area contributed by atoms with Crippen LogP contribution in [0, 0.1) is 24.2 Å². The van der Waals surface area contributed by atoms with Crippen LogP contribution in [-0.4, -0.2) is 0 Å². The fourth-order valence-electron chi connectivity index (χ4n) is 1.33. The second-order valence-electron chi connectivity index (χ2n) is 4.47. The largest absolute Gasteiger partial charge is 0.0654 e. The number of hydrogen-bond acceptors (Lipinski definition) is 0. The molecule has 0 aliphatic heterocycles. The van der Waals surface area contributed by atoms with Crippen molar-refractivity contribution < 1.29 is 0 Å². The first-order valence-electron chi connectivity index (χ1n) is 5.41. The van der Waals surface area contributed by atoms with E-state index in [9.17, 15) is 0 Å². The van der Waals surface area contributed by atoms with Crippen molar-refractivity contribution in [2.45, 2.75) is 53.9 Å². The zero-order chi connectivity index (χ0) is 9.56. The van der Waals surface area contributed by atoms with E-state index in [1.54, 1.807) is 0 Å². The Morgan fingerprint density at radius 2 is 1.67 bits per heavy atom. The minimum Gasteiger partial charge on any atom is -0.0654 e. The van der Waals surface area contributed by atoms with Gasteiger partial charge in [-0.15, -0.1) is 0 Å². The molecule has 2 atom stereocenters. The summed E-state index contributed by atoms with van der Waals surface area (Å²) in [5.41, 5.74) is 0. The van der Waals surface area contributed by atoms with Crippen LogP contribution in [0.5, 0.6) is 0 Å². The molecule has 0 aromatic rings. The van der Waals surface area contributed by atoms with E-state index >= 15 is 0 Å². The molecule has 0 saturated carbocycles. The normalized spacial score (nSPS) is 16.5. The van der Waals surface area contributed by atoms with Crippen LogP contribution < -0.4 is 0 Å². The molecule has 0 saturated heterocycles. The molecular formula is C12H25. The Balaban J connectivity index is 3.40. The Kier molecular flexibility index (Phi) is 6.51. The van der Waals surface area contributed by atoms with Gasteiger partial charge >= 0.3 is 0 Å². The maximum Gasteiger partial charge on any atom is -0.0352 e. The van der Waals surface area contributed by atoms with Crippen LogP contribution in [0.4, 0.5) is 0 Å².